The second-order valence-electron chi connectivity index (χ2n) is 3.93. The zero-order chi connectivity index (χ0) is 10.9. The number of amides is 1. The molecule has 0 spiro atoms. The van der Waals surface area contributed by atoms with Crippen molar-refractivity contribution in [2.24, 2.45) is 0 Å². The van der Waals surface area contributed by atoms with Gasteiger partial charge in [0.2, 0.25) is 6.41 Å². The summed E-state index contributed by atoms with van der Waals surface area (Å²) in [5, 5.41) is 9.13. The topological polar surface area (TPSA) is 44.1 Å². The van der Waals surface area contributed by atoms with Crippen molar-refractivity contribution in [1.29, 1.82) is 5.26 Å². The average molecular weight is 200 g/mol. The molecule has 0 aromatic heterocycles. The van der Waals surface area contributed by atoms with Crippen LogP contribution in [0.25, 0.3) is 0 Å². The summed E-state index contributed by atoms with van der Waals surface area (Å²) in [5.41, 5.74) is 1.47. The lowest BCUT2D eigenvalue weighted by atomic mass is 9.95. The van der Waals surface area contributed by atoms with Crippen molar-refractivity contribution in [3.8, 4) is 6.07 Å². The quantitative estimate of drug-likeness (QED) is 0.699. The van der Waals surface area contributed by atoms with Gasteiger partial charge in [0, 0.05) is 12.7 Å². The molecule has 0 atom stereocenters. The summed E-state index contributed by atoms with van der Waals surface area (Å²) in [7, 11) is 1.71. The van der Waals surface area contributed by atoms with Crippen LogP contribution in [-0.4, -0.2) is 13.5 Å². The molecule has 15 heavy (non-hydrogen) atoms. The van der Waals surface area contributed by atoms with Crippen molar-refractivity contribution >= 4 is 12.1 Å². The maximum absolute atomic E-state index is 10.7. The van der Waals surface area contributed by atoms with E-state index in [4.69, 9.17) is 5.26 Å². The smallest absolute Gasteiger partial charge is 0.213 e. The minimum absolute atomic E-state index is 0.339. The van der Waals surface area contributed by atoms with Crippen LogP contribution in [0.2, 0.25) is 0 Å². The number of para-hydroxylation sites is 1. The van der Waals surface area contributed by atoms with Gasteiger partial charge >= 0.3 is 0 Å². The summed E-state index contributed by atoms with van der Waals surface area (Å²) in [6.45, 7) is 0. The molecule has 2 rings (SSSR count). The van der Waals surface area contributed by atoms with Gasteiger partial charge in [0.15, 0.2) is 0 Å². The van der Waals surface area contributed by atoms with Crippen LogP contribution in [-0.2, 0) is 10.2 Å². The number of nitriles is 1. The van der Waals surface area contributed by atoms with Crippen molar-refractivity contribution in [2.45, 2.75) is 18.3 Å². The predicted octanol–water partition coefficient (Wildman–Crippen LogP) is 1.83. The molecule has 1 aliphatic carbocycles. The van der Waals surface area contributed by atoms with Crippen LogP contribution >= 0.6 is 0 Å². The number of carbonyl (C=O) groups excluding carboxylic acids is 1. The van der Waals surface area contributed by atoms with Crippen LogP contribution in [0.15, 0.2) is 24.3 Å². The van der Waals surface area contributed by atoms with Gasteiger partial charge in [0.25, 0.3) is 0 Å². The summed E-state index contributed by atoms with van der Waals surface area (Å²) in [5.74, 6) is 0. The summed E-state index contributed by atoms with van der Waals surface area (Å²) >= 11 is 0. The van der Waals surface area contributed by atoms with E-state index in [2.05, 4.69) is 6.07 Å². The molecule has 0 bridgehead atoms. The molecule has 0 radical (unpaired) electrons. The Kier molecular flexibility index (Phi) is 2.20. The van der Waals surface area contributed by atoms with Crippen molar-refractivity contribution in [1.82, 2.24) is 0 Å². The molecule has 3 heteroatoms. The molecule has 1 amide bonds. The van der Waals surface area contributed by atoms with E-state index >= 15 is 0 Å². The summed E-state index contributed by atoms with van der Waals surface area (Å²) in [4.78, 5) is 12.3. The van der Waals surface area contributed by atoms with E-state index in [1.54, 1.807) is 7.05 Å². The molecule has 1 fully saturated rings. The van der Waals surface area contributed by atoms with Gasteiger partial charge in [0.1, 0.15) is 0 Å². The van der Waals surface area contributed by atoms with Crippen molar-refractivity contribution in [2.75, 3.05) is 11.9 Å². The minimum Gasteiger partial charge on any atom is -0.318 e. The maximum Gasteiger partial charge on any atom is 0.213 e. The van der Waals surface area contributed by atoms with Gasteiger partial charge in [-0.25, -0.2) is 0 Å². The molecule has 1 saturated carbocycles. The molecule has 1 aromatic rings. The van der Waals surface area contributed by atoms with Crippen LogP contribution in [0.1, 0.15) is 18.4 Å². The van der Waals surface area contributed by atoms with Gasteiger partial charge in [-0.1, -0.05) is 18.2 Å². The third kappa shape index (κ3) is 1.48. The first-order chi connectivity index (χ1) is 7.23. The van der Waals surface area contributed by atoms with E-state index in [9.17, 15) is 4.79 Å². The number of anilines is 1. The number of carbonyl (C=O) groups is 1. The van der Waals surface area contributed by atoms with Gasteiger partial charge in [-0.15, -0.1) is 0 Å². The molecular weight excluding hydrogens is 188 g/mol. The Balaban J connectivity index is 2.48. The lowest BCUT2D eigenvalue weighted by Gasteiger charge is -2.18. The largest absolute Gasteiger partial charge is 0.318 e. The van der Waals surface area contributed by atoms with Crippen LogP contribution in [0.4, 0.5) is 5.69 Å². The molecule has 76 valence electrons. The van der Waals surface area contributed by atoms with E-state index in [0.717, 1.165) is 30.5 Å². The number of hydrogen-bond donors (Lipinski definition) is 0. The first kappa shape index (κ1) is 9.72. The van der Waals surface area contributed by atoms with Gasteiger partial charge in [0.05, 0.1) is 11.5 Å². The molecule has 1 aliphatic rings. The molecule has 0 heterocycles. The van der Waals surface area contributed by atoms with Crippen LogP contribution in [0.3, 0.4) is 0 Å². The third-order valence-corrected chi connectivity index (χ3v) is 2.92. The Morgan fingerprint density at radius 3 is 2.67 bits per heavy atom. The van der Waals surface area contributed by atoms with Gasteiger partial charge in [-0.05, 0) is 24.5 Å². The second kappa shape index (κ2) is 3.39. The fraction of sp³-hybridized carbons (Fsp3) is 0.333. The van der Waals surface area contributed by atoms with Gasteiger partial charge in [-0.2, -0.15) is 5.26 Å². The molecule has 3 nitrogen and oxygen atoms in total. The molecule has 0 unspecified atom stereocenters. The van der Waals surface area contributed by atoms with E-state index in [1.165, 1.54) is 4.90 Å². The first-order valence-electron chi connectivity index (χ1n) is 4.92. The van der Waals surface area contributed by atoms with Gasteiger partial charge < -0.3 is 4.90 Å². The Labute approximate surface area is 88.9 Å². The number of rotatable bonds is 3. The normalized spacial score (nSPS) is 16.5. The monoisotopic (exact) mass is 200 g/mol. The second-order valence-corrected chi connectivity index (χ2v) is 3.93. The average Bonchev–Trinajstić information content (AvgIpc) is 3.09. The summed E-state index contributed by atoms with van der Waals surface area (Å²) < 4.78 is 0. The Hall–Kier alpha value is -1.82. The fourth-order valence-corrected chi connectivity index (χ4v) is 1.81. The SMILES string of the molecule is CN(C=O)c1ccccc1C1(C#N)CC1. The Bertz CT molecular complexity index is 429. The van der Waals surface area contributed by atoms with Crippen molar-refractivity contribution in [3.05, 3.63) is 29.8 Å². The maximum atomic E-state index is 10.7. The highest BCUT2D eigenvalue weighted by atomic mass is 16.1. The van der Waals surface area contributed by atoms with E-state index in [-0.39, 0.29) is 5.41 Å². The van der Waals surface area contributed by atoms with Crippen LogP contribution < -0.4 is 4.90 Å². The van der Waals surface area contributed by atoms with E-state index in [1.807, 2.05) is 24.3 Å². The number of hydrogen-bond acceptors (Lipinski definition) is 2. The highest BCUT2D eigenvalue weighted by molar-refractivity contribution is 5.77. The van der Waals surface area contributed by atoms with Crippen LogP contribution in [0, 0.1) is 11.3 Å². The van der Waals surface area contributed by atoms with Crippen LogP contribution in [0.5, 0.6) is 0 Å². The Morgan fingerprint density at radius 1 is 1.47 bits per heavy atom. The lowest BCUT2D eigenvalue weighted by Crippen LogP contribution is -2.18. The van der Waals surface area contributed by atoms with E-state index in [0.29, 0.717) is 0 Å². The molecular formula is C12H12N2O. The minimum atomic E-state index is -0.339. The molecule has 1 aromatic carbocycles. The summed E-state index contributed by atoms with van der Waals surface area (Å²) in [6, 6.07) is 9.95. The zero-order valence-electron chi connectivity index (χ0n) is 8.60. The number of nitrogens with zero attached hydrogens (tertiary/aromatic N) is 2. The van der Waals surface area contributed by atoms with Gasteiger partial charge in [-0.3, -0.25) is 4.79 Å². The third-order valence-electron chi connectivity index (χ3n) is 2.92. The zero-order valence-corrected chi connectivity index (χ0v) is 8.60. The first-order valence-corrected chi connectivity index (χ1v) is 4.92. The highest BCUT2D eigenvalue weighted by Gasteiger charge is 2.46. The highest BCUT2D eigenvalue weighted by Crippen LogP contribution is 2.50. The van der Waals surface area contributed by atoms with Crippen molar-refractivity contribution in [3.63, 3.8) is 0 Å². The fourth-order valence-electron chi connectivity index (χ4n) is 1.81. The molecule has 0 N–H and O–H groups in total. The van der Waals surface area contributed by atoms with E-state index < -0.39 is 0 Å². The number of benzene rings is 1. The lowest BCUT2D eigenvalue weighted by molar-refractivity contribution is -0.107. The molecule has 0 saturated heterocycles. The summed E-state index contributed by atoms with van der Waals surface area (Å²) in [6.07, 6.45) is 2.56. The molecule has 0 aliphatic heterocycles. The predicted molar refractivity (Wildman–Crippen MR) is 57.4 cm³/mol. The Morgan fingerprint density at radius 2 is 2.13 bits per heavy atom. The standard InChI is InChI=1S/C12H12N2O/c1-14(9-15)11-5-3-2-4-10(11)12(8-13)6-7-12/h2-5,9H,6-7H2,1H3. The van der Waals surface area contributed by atoms with Crippen molar-refractivity contribution < 1.29 is 4.79 Å².